The number of fused-ring (bicyclic) bond motifs is 12. The van der Waals surface area contributed by atoms with Gasteiger partial charge in [-0.15, -0.1) is 0 Å². The molecule has 0 bridgehead atoms. The van der Waals surface area contributed by atoms with Crippen LogP contribution in [-0.2, 0) is 0 Å². The van der Waals surface area contributed by atoms with Crippen LogP contribution in [0.15, 0.2) is 260 Å². The van der Waals surface area contributed by atoms with E-state index in [0.717, 1.165) is 95.5 Å². The second-order valence-electron chi connectivity index (χ2n) is 36.4. The predicted octanol–water partition coefficient (Wildman–Crippen LogP) is 32.2. The summed E-state index contributed by atoms with van der Waals surface area (Å²) < 4.78 is 39.8. The van der Waals surface area contributed by atoms with Crippen LogP contribution in [0.1, 0.15) is 223 Å². The van der Waals surface area contributed by atoms with Crippen molar-refractivity contribution in [3.63, 3.8) is 0 Å². The number of nitrogens with zero attached hydrogens (tertiary/aromatic N) is 5. The van der Waals surface area contributed by atoms with E-state index < -0.39 is 8.07 Å². The summed E-state index contributed by atoms with van der Waals surface area (Å²) in [7, 11) is 7.06. The van der Waals surface area contributed by atoms with Crippen molar-refractivity contribution in [1.29, 1.82) is 5.26 Å². The molecule has 0 spiro atoms. The molecule has 4 heterocycles. The van der Waals surface area contributed by atoms with Gasteiger partial charge in [0.2, 0.25) is 0 Å². The molecule has 16 aromatic rings. The quantitative estimate of drug-likeness (QED) is 0.0988. The van der Waals surface area contributed by atoms with E-state index in [9.17, 15) is 4.39 Å². The zero-order valence-corrected chi connectivity index (χ0v) is 72.9. The molecule has 5 saturated carbocycles. The highest BCUT2D eigenvalue weighted by Crippen LogP contribution is 2.49. The number of benzene rings is 12. The first kappa shape index (κ1) is 80.7. The van der Waals surface area contributed by atoms with Crippen molar-refractivity contribution in [1.82, 2.24) is 0 Å². The van der Waals surface area contributed by atoms with E-state index in [1.165, 1.54) is 249 Å². The van der Waals surface area contributed by atoms with E-state index in [2.05, 4.69) is 254 Å². The van der Waals surface area contributed by atoms with E-state index in [1.54, 1.807) is 12.1 Å². The molecule has 121 heavy (non-hydrogen) atoms. The molecule has 9 nitrogen and oxygen atoms in total. The Kier molecular flexibility index (Phi) is 23.9. The van der Waals surface area contributed by atoms with Crippen molar-refractivity contribution >= 4 is 147 Å². The van der Waals surface area contributed by atoms with Gasteiger partial charge in [-0.1, -0.05) is 267 Å². The molecule has 5 aliphatic rings. The second-order valence-corrected chi connectivity index (χ2v) is 41.4. The molecule has 4 aromatic heterocycles. The van der Waals surface area contributed by atoms with E-state index in [-0.39, 0.29) is 5.82 Å². The Morgan fingerprint density at radius 1 is 0.273 bits per heavy atom. The summed E-state index contributed by atoms with van der Waals surface area (Å²) >= 11 is 0. The topological polar surface area (TPSA) is 89.3 Å². The molecule has 0 N–H and O–H groups in total. The van der Waals surface area contributed by atoms with Crippen LogP contribution >= 0.6 is 0 Å². The van der Waals surface area contributed by atoms with Crippen molar-refractivity contribution in [2.24, 2.45) is 0 Å². The largest absolute Gasteiger partial charge is 0.454 e. The fourth-order valence-electron chi connectivity index (χ4n) is 20.9. The Bertz CT molecular complexity index is 6330. The minimum Gasteiger partial charge on any atom is -0.454 e. The summed E-state index contributed by atoms with van der Waals surface area (Å²) in [5.74, 6) is 2.99. The van der Waals surface area contributed by atoms with Gasteiger partial charge in [0.25, 0.3) is 0 Å². The number of halogens is 1. The van der Waals surface area contributed by atoms with Crippen LogP contribution in [0.5, 0.6) is 0 Å². The van der Waals surface area contributed by atoms with Crippen molar-refractivity contribution in [3.8, 4) is 6.07 Å². The van der Waals surface area contributed by atoms with E-state index in [4.69, 9.17) is 22.9 Å². The number of nitriles is 1. The Morgan fingerprint density at radius 3 is 0.769 bits per heavy atom. The average molecular weight is 1620 g/mol. The summed E-state index contributed by atoms with van der Waals surface area (Å²) in [4.78, 5) is 8.74. The highest BCUT2D eigenvalue weighted by atomic mass is 28.3. The van der Waals surface area contributed by atoms with Gasteiger partial charge < -0.3 is 37.3 Å². The summed E-state index contributed by atoms with van der Waals surface area (Å²) in [6, 6.07) is 87.2. The summed E-state index contributed by atoms with van der Waals surface area (Å²) in [6.07, 6.45) is 33.0. The van der Waals surface area contributed by atoms with Crippen molar-refractivity contribution in [3.05, 3.63) is 282 Å². The van der Waals surface area contributed by atoms with Gasteiger partial charge in [0, 0.05) is 94.0 Å². The smallest absolute Gasteiger partial charge is 0.159 e. The maximum atomic E-state index is 13.3. The van der Waals surface area contributed by atoms with E-state index >= 15 is 0 Å². The van der Waals surface area contributed by atoms with Crippen LogP contribution in [-0.4, -0.2) is 36.3 Å². The lowest BCUT2D eigenvalue weighted by atomic mass is 9.83. The molecule has 0 saturated heterocycles. The number of rotatable bonds is 14. The number of hydrogen-bond acceptors (Lipinski definition) is 9. The molecule has 0 radical (unpaired) electrons. The standard InChI is InChI=1S/C31H35NO.C28H33NOSi.C26H24N2O.C25H24FNO/c1-32(25-20-18-23(19-21-25)22-10-4-2-5-11-22)29-17-9-16-28-27-15-8-14-26(30(27)33-31(28)29)24-12-6-3-7-13-24;1-29(21-16-18-22(19-17-21)31(2,3)4)26-15-9-14-25-24-13-8-12-23(27(24)30-28(25)26)20-10-6-5-7-11-20;1-28(20-15-13-18(17-27)14-16-20)24-12-6-11-23-22-10-5-9-21(25(22)29-26(23)24)19-7-3-2-4-8-19;1-27(19-15-13-18(26)14-16-19)23-12-6-11-22-21-10-5-9-20(24(21)28-25(22)23)17-7-3-2-4-8-17/h8-9,14-22,24H,2-7,10-13H2,1H3;8-9,12-20H,5-7,10-11H2,1-4H3;5-6,9-16,19H,2-4,7-8H2,1H3;5-6,9-17H,2-4,7-8H2,1H3. The van der Waals surface area contributed by atoms with Crippen molar-refractivity contribution < 1.29 is 22.1 Å². The minimum absolute atomic E-state index is 0.226. The summed E-state index contributed by atoms with van der Waals surface area (Å²) in [5, 5.41) is 20.2. The lowest BCUT2D eigenvalue weighted by Crippen LogP contribution is -2.37. The zero-order valence-electron chi connectivity index (χ0n) is 71.9. The van der Waals surface area contributed by atoms with Crippen LogP contribution in [0.3, 0.4) is 0 Å². The van der Waals surface area contributed by atoms with Crippen LogP contribution in [0.4, 0.5) is 49.9 Å². The lowest BCUT2D eigenvalue weighted by Gasteiger charge is -2.24. The van der Waals surface area contributed by atoms with Crippen LogP contribution in [0.2, 0.25) is 19.6 Å². The first-order valence-corrected chi connectivity index (χ1v) is 48.9. The highest BCUT2D eigenvalue weighted by Gasteiger charge is 2.29. The highest BCUT2D eigenvalue weighted by molar-refractivity contribution is 6.88. The molecule has 5 fully saturated rings. The molecular weight excluding hydrogens is 1500 g/mol. The molecule has 616 valence electrons. The van der Waals surface area contributed by atoms with Gasteiger partial charge in [-0.05, 0) is 219 Å². The van der Waals surface area contributed by atoms with Crippen LogP contribution in [0.25, 0.3) is 87.8 Å². The molecule has 0 atom stereocenters. The zero-order chi connectivity index (χ0) is 82.7. The van der Waals surface area contributed by atoms with E-state index in [1.807, 2.05) is 38.4 Å². The maximum Gasteiger partial charge on any atom is 0.159 e. The Labute approximate surface area is 714 Å². The SMILES string of the molecule is CN(c1ccc(C#N)cc1)c1cccc2c1oc1c(C3CCCCC3)cccc12.CN(c1ccc(C2CCCCC2)cc1)c1cccc2c1oc1c(C3CCCCC3)cccc12.CN(c1ccc(F)cc1)c1cccc2c1oc1c(C3CCCCC3)cccc12.CN(c1ccc([Si](C)(C)C)cc1)c1cccc2c1oc1c(C3CCCCC3)cccc12. The number of hydrogen-bond donors (Lipinski definition) is 0. The predicted molar refractivity (Wildman–Crippen MR) is 510 cm³/mol. The number of para-hydroxylation sites is 8. The molecule has 0 unspecified atom stereocenters. The number of anilines is 8. The fraction of sp³-hybridized carbons (Fsp3) is 0.336. The van der Waals surface area contributed by atoms with Gasteiger partial charge in [-0.25, -0.2) is 4.39 Å². The third kappa shape index (κ3) is 16.6. The molecular formula is C110H116FN5O4Si. The van der Waals surface area contributed by atoms with Crippen molar-refractivity contribution in [2.75, 3.05) is 47.8 Å². The van der Waals surface area contributed by atoms with Gasteiger partial charge in [0.15, 0.2) is 22.3 Å². The van der Waals surface area contributed by atoms with Gasteiger partial charge in [-0.3, -0.25) is 0 Å². The van der Waals surface area contributed by atoms with Gasteiger partial charge in [0.1, 0.15) is 28.1 Å². The molecule has 12 aromatic carbocycles. The first-order chi connectivity index (χ1) is 59.2. The lowest BCUT2D eigenvalue weighted by molar-refractivity contribution is 0.442. The second kappa shape index (κ2) is 35.8. The molecule has 0 amide bonds. The van der Waals surface area contributed by atoms with Gasteiger partial charge in [-0.2, -0.15) is 5.26 Å². The van der Waals surface area contributed by atoms with Crippen LogP contribution in [0, 0.1) is 17.1 Å². The monoisotopic (exact) mass is 1620 g/mol. The third-order valence-electron chi connectivity index (χ3n) is 27.8. The minimum atomic E-state index is -1.30. The first-order valence-electron chi connectivity index (χ1n) is 45.4. The average Bonchev–Trinajstić information content (AvgIpc) is 1.62. The van der Waals surface area contributed by atoms with Gasteiger partial charge in [0.05, 0.1) is 42.5 Å². The molecule has 5 aliphatic carbocycles. The van der Waals surface area contributed by atoms with E-state index in [0.29, 0.717) is 29.2 Å². The van der Waals surface area contributed by atoms with Gasteiger partial charge >= 0.3 is 0 Å². The summed E-state index contributed by atoms with van der Waals surface area (Å²) in [6.45, 7) is 7.18. The normalized spacial score (nSPS) is 16.1. The third-order valence-corrected chi connectivity index (χ3v) is 29.9. The maximum absolute atomic E-state index is 13.3. The Morgan fingerprint density at radius 2 is 0.504 bits per heavy atom. The number of furan rings is 4. The summed E-state index contributed by atoms with van der Waals surface area (Å²) in [5.41, 5.74) is 24.5. The Balaban J connectivity index is 0.000000111. The fourth-order valence-corrected chi connectivity index (χ4v) is 22.0. The molecule has 11 heteroatoms. The Hall–Kier alpha value is -11.3. The molecule has 0 aliphatic heterocycles. The molecule has 21 rings (SSSR count). The van der Waals surface area contributed by atoms with Crippen LogP contribution < -0.4 is 24.8 Å². The van der Waals surface area contributed by atoms with Crippen molar-refractivity contribution in [2.45, 2.75) is 210 Å².